The van der Waals surface area contributed by atoms with Crippen molar-refractivity contribution in [3.8, 4) is 0 Å². The number of halogens is 1. The first-order valence-electron chi connectivity index (χ1n) is 6.41. The molecule has 1 heterocycles. The van der Waals surface area contributed by atoms with Crippen molar-refractivity contribution in [3.05, 3.63) is 53.1 Å². The third kappa shape index (κ3) is 3.00. The van der Waals surface area contributed by atoms with E-state index in [1.54, 1.807) is 17.8 Å². The summed E-state index contributed by atoms with van der Waals surface area (Å²) in [7, 11) is 0. The summed E-state index contributed by atoms with van der Waals surface area (Å²) in [5.41, 5.74) is 2.48. The second-order valence-corrected chi connectivity index (χ2v) is 6.35. The van der Waals surface area contributed by atoms with E-state index in [2.05, 4.69) is 5.32 Å². The van der Waals surface area contributed by atoms with Crippen LogP contribution < -0.4 is 10.4 Å². The highest BCUT2D eigenvalue weighted by molar-refractivity contribution is 8.00. The monoisotopic (exact) mass is 320 g/mol. The minimum absolute atomic E-state index is 0.0901. The highest BCUT2D eigenvalue weighted by Crippen LogP contribution is 2.44. The van der Waals surface area contributed by atoms with Crippen molar-refractivity contribution in [2.24, 2.45) is 0 Å². The first-order valence-corrected chi connectivity index (χ1v) is 7.66. The van der Waals surface area contributed by atoms with Gasteiger partial charge in [0.1, 0.15) is 5.37 Å². The van der Waals surface area contributed by atoms with Gasteiger partial charge in [0.15, 0.2) is 0 Å². The van der Waals surface area contributed by atoms with Gasteiger partial charge < -0.3 is 5.32 Å². The van der Waals surface area contributed by atoms with E-state index in [1.165, 1.54) is 5.06 Å². The van der Waals surface area contributed by atoms with Crippen molar-refractivity contribution in [3.63, 3.8) is 0 Å². The summed E-state index contributed by atoms with van der Waals surface area (Å²) in [5, 5.41) is 14.8. The number of hydrogen-bond donors (Lipinski definition) is 2. The Morgan fingerprint density at radius 2 is 2.05 bits per heavy atom. The Labute approximate surface area is 131 Å². The number of benzene rings is 2. The maximum atomic E-state index is 10.5. The maximum Gasteiger partial charge on any atom is 0.211 e. The van der Waals surface area contributed by atoms with Gasteiger partial charge in [0.2, 0.25) is 6.41 Å². The molecule has 1 aliphatic rings. The lowest BCUT2D eigenvalue weighted by atomic mass is 10.1. The molecule has 2 N–H and O–H groups in total. The predicted molar refractivity (Wildman–Crippen MR) is 85.2 cm³/mol. The molecular formula is C15H13ClN2O2S. The molecule has 0 spiro atoms. The third-order valence-electron chi connectivity index (χ3n) is 3.29. The molecule has 1 atom stereocenters. The minimum Gasteiger partial charge on any atom is -0.329 e. The van der Waals surface area contributed by atoms with E-state index in [1.807, 2.05) is 36.4 Å². The first kappa shape index (κ1) is 14.3. The smallest absolute Gasteiger partial charge is 0.211 e. The average Bonchev–Trinajstić information content (AvgIpc) is 2.79. The zero-order chi connectivity index (χ0) is 14.8. The topological polar surface area (TPSA) is 52.6 Å². The molecule has 108 valence electrons. The van der Waals surface area contributed by atoms with Crippen LogP contribution in [-0.2, 0) is 11.2 Å². The number of hydroxylamine groups is 1. The highest BCUT2D eigenvalue weighted by Gasteiger charge is 2.29. The summed E-state index contributed by atoms with van der Waals surface area (Å²) in [5.74, 6) is 0. The molecule has 0 radical (unpaired) electrons. The number of rotatable bonds is 4. The quantitative estimate of drug-likeness (QED) is 0.842. The van der Waals surface area contributed by atoms with Gasteiger partial charge >= 0.3 is 0 Å². The van der Waals surface area contributed by atoms with E-state index in [4.69, 9.17) is 11.6 Å². The molecule has 0 fully saturated rings. The number of carbonyl (C=O) groups is 1. The first-order chi connectivity index (χ1) is 10.2. The van der Waals surface area contributed by atoms with Crippen molar-refractivity contribution in [2.75, 3.05) is 10.4 Å². The molecular weight excluding hydrogens is 308 g/mol. The number of amides is 1. The van der Waals surface area contributed by atoms with Gasteiger partial charge in [-0.15, -0.1) is 0 Å². The number of nitrogens with one attached hydrogen (secondary N) is 1. The molecule has 2 aromatic carbocycles. The number of carbonyl (C=O) groups excluding carboxylic acids is 1. The summed E-state index contributed by atoms with van der Waals surface area (Å²) in [6.07, 6.45) is 1.32. The largest absolute Gasteiger partial charge is 0.329 e. The van der Waals surface area contributed by atoms with Gasteiger partial charge in [-0.1, -0.05) is 35.5 Å². The Balaban J connectivity index is 1.78. The van der Waals surface area contributed by atoms with Crippen molar-refractivity contribution < 1.29 is 10.0 Å². The van der Waals surface area contributed by atoms with E-state index in [0.717, 1.165) is 10.5 Å². The van der Waals surface area contributed by atoms with Crippen molar-refractivity contribution in [1.82, 2.24) is 0 Å². The Morgan fingerprint density at radius 1 is 1.29 bits per heavy atom. The normalized spacial score (nSPS) is 16.7. The fourth-order valence-corrected chi connectivity index (χ4v) is 3.58. The lowest BCUT2D eigenvalue weighted by Crippen LogP contribution is -2.27. The summed E-state index contributed by atoms with van der Waals surface area (Å²) in [6.45, 7) is 0. The summed E-state index contributed by atoms with van der Waals surface area (Å²) < 4.78 is 0. The second kappa shape index (κ2) is 5.97. The summed E-state index contributed by atoms with van der Waals surface area (Å²) in [6, 6.07) is 13.1. The zero-order valence-corrected chi connectivity index (χ0v) is 12.6. The van der Waals surface area contributed by atoms with E-state index in [-0.39, 0.29) is 5.37 Å². The standard InChI is InChI=1S/C15H13ClN2O2S/c16-11-3-1-10(2-4-11)7-15-18(20)13-8-12(17-9-19)5-6-14(13)21-15/h1-6,8-9,15,20H,7H2,(H,17,19). The van der Waals surface area contributed by atoms with E-state index in [9.17, 15) is 10.0 Å². The van der Waals surface area contributed by atoms with Gasteiger partial charge in [-0.25, -0.2) is 5.06 Å². The van der Waals surface area contributed by atoms with Crippen LogP contribution in [0.25, 0.3) is 0 Å². The van der Waals surface area contributed by atoms with Crippen LogP contribution in [0, 0.1) is 0 Å². The molecule has 0 bridgehead atoms. The van der Waals surface area contributed by atoms with Crippen molar-refractivity contribution >= 4 is 41.1 Å². The lowest BCUT2D eigenvalue weighted by Gasteiger charge is -2.19. The van der Waals surface area contributed by atoms with Crippen LogP contribution >= 0.6 is 23.4 Å². The van der Waals surface area contributed by atoms with Crippen LogP contribution in [0.2, 0.25) is 5.02 Å². The van der Waals surface area contributed by atoms with E-state index < -0.39 is 0 Å². The highest BCUT2D eigenvalue weighted by atomic mass is 35.5. The van der Waals surface area contributed by atoms with Crippen LogP contribution in [-0.4, -0.2) is 17.0 Å². The van der Waals surface area contributed by atoms with Crippen molar-refractivity contribution in [2.45, 2.75) is 16.7 Å². The van der Waals surface area contributed by atoms with E-state index >= 15 is 0 Å². The summed E-state index contributed by atoms with van der Waals surface area (Å²) in [4.78, 5) is 11.5. The summed E-state index contributed by atoms with van der Waals surface area (Å²) >= 11 is 7.47. The molecule has 1 amide bonds. The Kier molecular flexibility index (Phi) is 4.05. The minimum atomic E-state index is -0.0901. The predicted octanol–water partition coefficient (Wildman–Crippen LogP) is 3.78. The molecule has 0 aliphatic carbocycles. The molecule has 0 saturated carbocycles. The number of hydrogen-bond acceptors (Lipinski definition) is 4. The van der Waals surface area contributed by atoms with Crippen molar-refractivity contribution in [1.29, 1.82) is 0 Å². The number of fused-ring (bicyclic) bond motifs is 1. The fourth-order valence-electron chi connectivity index (χ4n) is 2.26. The lowest BCUT2D eigenvalue weighted by molar-refractivity contribution is -0.105. The molecule has 21 heavy (non-hydrogen) atoms. The number of thioether (sulfide) groups is 1. The second-order valence-electron chi connectivity index (χ2n) is 4.69. The van der Waals surface area contributed by atoms with Crippen LogP contribution in [0.3, 0.4) is 0 Å². The van der Waals surface area contributed by atoms with Crippen LogP contribution in [0.4, 0.5) is 11.4 Å². The molecule has 2 aromatic rings. The average molecular weight is 321 g/mol. The Morgan fingerprint density at radius 3 is 2.76 bits per heavy atom. The molecule has 1 aliphatic heterocycles. The molecule has 0 aromatic heterocycles. The molecule has 4 nitrogen and oxygen atoms in total. The van der Waals surface area contributed by atoms with Gasteiger partial charge in [0.25, 0.3) is 0 Å². The fraction of sp³-hybridized carbons (Fsp3) is 0.133. The Bertz CT molecular complexity index is 663. The molecule has 3 rings (SSSR count). The SMILES string of the molecule is O=CNc1ccc2c(c1)N(O)C(Cc1ccc(Cl)cc1)S2. The van der Waals surface area contributed by atoms with Gasteiger partial charge in [-0.2, -0.15) is 0 Å². The van der Waals surface area contributed by atoms with Gasteiger partial charge in [-0.3, -0.25) is 10.0 Å². The Hall–Kier alpha value is -1.69. The van der Waals surface area contributed by atoms with Crippen LogP contribution in [0.5, 0.6) is 0 Å². The molecule has 1 unspecified atom stereocenters. The van der Waals surface area contributed by atoms with E-state index in [0.29, 0.717) is 29.2 Å². The third-order valence-corrected chi connectivity index (χ3v) is 4.78. The van der Waals surface area contributed by atoms with Gasteiger partial charge in [-0.05, 0) is 35.9 Å². The van der Waals surface area contributed by atoms with Crippen LogP contribution in [0.15, 0.2) is 47.4 Å². The van der Waals surface area contributed by atoms with Gasteiger partial charge in [0, 0.05) is 22.0 Å². The zero-order valence-electron chi connectivity index (χ0n) is 11.0. The molecule has 6 heteroatoms. The number of anilines is 2. The molecule has 0 saturated heterocycles. The van der Waals surface area contributed by atoms with Gasteiger partial charge in [0.05, 0.1) is 5.69 Å². The maximum absolute atomic E-state index is 10.5. The van der Waals surface area contributed by atoms with Crippen LogP contribution in [0.1, 0.15) is 5.56 Å². The number of nitrogens with zero attached hydrogens (tertiary/aromatic N) is 1.